The number of hydrogen-bond donors (Lipinski definition) is 0. The van der Waals surface area contributed by atoms with Gasteiger partial charge in [0.1, 0.15) is 0 Å². The van der Waals surface area contributed by atoms with Crippen molar-refractivity contribution < 1.29 is 9.53 Å². The summed E-state index contributed by atoms with van der Waals surface area (Å²) in [5, 5.41) is 0. The van der Waals surface area contributed by atoms with Gasteiger partial charge >= 0.3 is 5.97 Å². The Labute approximate surface area is 151 Å². The van der Waals surface area contributed by atoms with Crippen LogP contribution >= 0.6 is 0 Å². The molecule has 2 nitrogen and oxygen atoms in total. The summed E-state index contributed by atoms with van der Waals surface area (Å²) in [7, 11) is 0. The Balaban J connectivity index is 3.06. The Kier molecular flexibility index (Phi) is 19.6. The van der Waals surface area contributed by atoms with Gasteiger partial charge in [-0.3, -0.25) is 4.79 Å². The molecule has 24 heavy (non-hydrogen) atoms. The van der Waals surface area contributed by atoms with Crippen molar-refractivity contribution in [3.05, 3.63) is 12.2 Å². The van der Waals surface area contributed by atoms with Crippen molar-refractivity contribution in [3.63, 3.8) is 0 Å². The van der Waals surface area contributed by atoms with Gasteiger partial charge in [-0.05, 0) is 32.1 Å². The first-order valence-electron chi connectivity index (χ1n) is 10.6. The largest absolute Gasteiger partial charge is 0.466 e. The smallest absolute Gasteiger partial charge is 0.302 e. The van der Waals surface area contributed by atoms with Crippen molar-refractivity contribution in [2.75, 3.05) is 6.61 Å². The molecule has 142 valence electrons. The van der Waals surface area contributed by atoms with Crippen LogP contribution in [0.5, 0.6) is 0 Å². The number of carbonyl (C=O) groups excluding carboxylic acids is 1. The van der Waals surface area contributed by atoms with Gasteiger partial charge in [-0.25, -0.2) is 0 Å². The highest BCUT2D eigenvalue weighted by molar-refractivity contribution is 5.65. The first-order chi connectivity index (χ1) is 11.8. The summed E-state index contributed by atoms with van der Waals surface area (Å²) in [6.45, 7) is 4.35. The van der Waals surface area contributed by atoms with Gasteiger partial charge in [0.15, 0.2) is 0 Å². The SMILES string of the molecule is CCCCCCCC/C=C\CCCCCCCCCCOC(C)=O. The van der Waals surface area contributed by atoms with E-state index in [1.165, 1.54) is 103 Å². The molecular weight excluding hydrogens is 296 g/mol. The molecule has 0 bridgehead atoms. The van der Waals surface area contributed by atoms with E-state index in [9.17, 15) is 4.79 Å². The molecule has 0 aromatic heterocycles. The predicted octanol–water partition coefficient (Wildman–Crippen LogP) is 7.37. The van der Waals surface area contributed by atoms with E-state index in [0.717, 1.165) is 6.42 Å². The van der Waals surface area contributed by atoms with Crippen LogP contribution < -0.4 is 0 Å². The van der Waals surface area contributed by atoms with Crippen molar-refractivity contribution in [1.82, 2.24) is 0 Å². The highest BCUT2D eigenvalue weighted by Gasteiger charge is 1.94. The molecule has 0 spiro atoms. The summed E-state index contributed by atoms with van der Waals surface area (Å²) in [6, 6.07) is 0. The summed E-state index contributed by atoms with van der Waals surface area (Å²) in [6.07, 6.45) is 26.0. The predicted molar refractivity (Wildman–Crippen MR) is 105 cm³/mol. The molecule has 0 unspecified atom stereocenters. The fourth-order valence-electron chi connectivity index (χ4n) is 2.92. The molecule has 0 fully saturated rings. The summed E-state index contributed by atoms with van der Waals surface area (Å²) < 4.78 is 4.93. The van der Waals surface area contributed by atoms with Crippen molar-refractivity contribution >= 4 is 5.97 Å². The van der Waals surface area contributed by atoms with Gasteiger partial charge < -0.3 is 4.74 Å². The first kappa shape index (κ1) is 23.2. The monoisotopic (exact) mass is 338 g/mol. The average Bonchev–Trinajstić information content (AvgIpc) is 2.56. The number of unbranched alkanes of at least 4 members (excludes halogenated alkanes) is 14. The standard InChI is InChI=1S/C22H42O2/c1-3-4-5-6-7-8-9-10-11-12-13-14-15-16-17-18-19-20-21-24-22(2)23/h10-11H,3-9,12-21H2,1-2H3/b11-10-. The van der Waals surface area contributed by atoms with Gasteiger partial charge in [0.05, 0.1) is 6.61 Å². The Bertz CT molecular complexity index is 284. The Morgan fingerprint density at radius 1 is 0.667 bits per heavy atom. The van der Waals surface area contributed by atoms with Gasteiger partial charge in [0, 0.05) is 6.92 Å². The highest BCUT2D eigenvalue weighted by Crippen LogP contribution is 2.11. The minimum atomic E-state index is -0.156. The lowest BCUT2D eigenvalue weighted by atomic mass is 10.1. The molecule has 0 N–H and O–H groups in total. The van der Waals surface area contributed by atoms with Crippen LogP contribution in [0.15, 0.2) is 12.2 Å². The van der Waals surface area contributed by atoms with Gasteiger partial charge in [-0.15, -0.1) is 0 Å². The van der Waals surface area contributed by atoms with Crippen LogP contribution in [0.25, 0.3) is 0 Å². The maximum Gasteiger partial charge on any atom is 0.302 e. The number of rotatable bonds is 18. The Morgan fingerprint density at radius 2 is 1.08 bits per heavy atom. The third kappa shape index (κ3) is 21.2. The summed E-state index contributed by atoms with van der Waals surface area (Å²) in [5.41, 5.74) is 0. The first-order valence-corrected chi connectivity index (χ1v) is 10.6. The number of esters is 1. The second-order valence-electron chi connectivity index (χ2n) is 6.98. The van der Waals surface area contributed by atoms with Crippen molar-refractivity contribution in [2.24, 2.45) is 0 Å². The lowest BCUT2D eigenvalue weighted by molar-refractivity contribution is -0.141. The summed E-state index contributed by atoms with van der Waals surface area (Å²) in [4.78, 5) is 10.6. The van der Waals surface area contributed by atoms with Crippen molar-refractivity contribution in [3.8, 4) is 0 Å². The number of hydrogen-bond acceptors (Lipinski definition) is 2. The molecule has 0 aliphatic rings. The van der Waals surface area contributed by atoms with E-state index >= 15 is 0 Å². The summed E-state index contributed by atoms with van der Waals surface area (Å²) in [5.74, 6) is -0.156. The zero-order valence-corrected chi connectivity index (χ0v) is 16.5. The maximum atomic E-state index is 10.6. The highest BCUT2D eigenvalue weighted by atomic mass is 16.5. The minimum Gasteiger partial charge on any atom is -0.466 e. The second-order valence-corrected chi connectivity index (χ2v) is 6.98. The molecule has 2 heteroatoms. The van der Waals surface area contributed by atoms with E-state index in [2.05, 4.69) is 19.1 Å². The van der Waals surface area contributed by atoms with E-state index < -0.39 is 0 Å². The number of carbonyl (C=O) groups is 1. The lowest BCUT2D eigenvalue weighted by Gasteiger charge is -2.02. The van der Waals surface area contributed by atoms with E-state index in [4.69, 9.17) is 4.74 Å². The van der Waals surface area contributed by atoms with Gasteiger partial charge in [-0.2, -0.15) is 0 Å². The van der Waals surface area contributed by atoms with Crippen LogP contribution in [0.3, 0.4) is 0 Å². The number of allylic oxidation sites excluding steroid dienone is 2. The quantitative estimate of drug-likeness (QED) is 0.148. The number of ether oxygens (including phenoxy) is 1. The molecule has 0 radical (unpaired) electrons. The molecule has 0 atom stereocenters. The van der Waals surface area contributed by atoms with Crippen molar-refractivity contribution in [2.45, 2.75) is 117 Å². The van der Waals surface area contributed by atoms with E-state index in [0.29, 0.717) is 6.61 Å². The molecule has 0 aliphatic heterocycles. The zero-order valence-electron chi connectivity index (χ0n) is 16.5. The van der Waals surface area contributed by atoms with Crippen LogP contribution in [0.2, 0.25) is 0 Å². The Morgan fingerprint density at radius 3 is 1.54 bits per heavy atom. The van der Waals surface area contributed by atoms with Gasteiger partial charge in [-0.1, -0.05) is 89.7 Å². The zero-order chi connectivity index (χ0) is 17.7. The molecule has 0 rings (SSSR count). The van der Waals surface area contributed by atoms with Crippen LogP contribution in [0.4, 0.5) is 0 Å². The Hall–Kier alpha value is -0.790. The minimum absolute atomic E-state index is 0.156. The van der Waals surface area contributed by atoms with E-state index in [-0.39, 0.29) is 5.97 Å². The van der Waals surface area contributed by atoms with Crippen LogP contribution in [0, 0.1) is 0 Å². The summed E-state index contributed by atoms with van der Waals surface area (Å²) >= 11 is 0. The normalized spacial score (nSPS) is 11.2. The second kappa shape index (κ2) is 20.3. The van der Waals surface area contributed by atoms with E-state index in [1.807, 2.05) is 0 Å². The van der Waals surface area contributed by atoms with Crippen LogP contribution in [-0.2, 0) is 9.53 Å². The third-order valence-electron chi connectivity index (χ3n) is 4.46. The maximum absolute atomic E-state index is 10.6. The van der Waals surface area contributed by atoms with Gasteiger partial charge in [0.25, 0.3) is 0 Å². The fourth-order valence-corrected chi connectivity index (χ4v) is 2.92. The molecule has 0 aliphatic carbocycles. The van der Waals surface area contributed by atoms with E-state index in [1.54, 1.807) is 0 Å². The van der Waals surface area contributed by atoms with Crippen molar-refractivity contribution in [1.29, 1.82) is 0 Å². The average molecular weight is 339 g/mol. The fraction of sp³-hybridized carbons (Fsp3) is 0.864. The molecule has 0 saturated heterocycles. The molecule has 0 aromatic carbocycles. The molecular formula is C22H42O2. The third-order valence-corrected chi connectivity index (χ3v) is 4.46. The van der Waals surface area contributed by atoms with Crippen LogP contribution in [-0.4, -0.2) is 12.6 Å². The molecule has 0 amide bonds. The topological polar surface area (TPSA) is 26.3 Å². The molecule has 0 saturated carbocycles. The van der Waals surface area contributed by atoms with Gasteiger partial charge in [0.2, 0.25) is 0 Å². The lowest BCUT2D eigenvalue weighted by Crippen LogP contribution is -2.00. The molecule has 0 aromatic rings. The molecule has 0 heterocycles. The van der Waals surface area contributed by atoms with Crippen LogP contribution in [0.1, 0.15) is 117 Å².